The molecule has 0 saturated carbocycles. The van der Waals surface area contributed by atoms with Crippen LogP contribution in [0.3, 0.4) is 0 Å². The third-order valence-electron chi connectivity index (χ3n) is 6.87. The summed E-state index contributed by atoms with van der Waals surface area (Å²) in [5.74, 6) is 0. The fraction of sp³-hybridized carbons (Fsp3) is 1.00. The summed E-state index contributed by atoms with van der Waals surface area (Å²) >= 11 is 0. The molecule has 0 N–H and O–H groups in total. The van der Waals surface area contributed by atoms with Crippen molar-refractivity contribution in [2.24, 2.45) is 0 Å². The second-order valence-electron chi connectivity index (χ2n) is 9.66. The van der Waals surface area contributed by atoms with E-state index in [0.29, 0.717) is 0 Å². The highest BCUT2D eigenvalue weighted by Gasteiger charge is 2.59. The zero-order valence-electron chi connectivity index (χ0n) is 24.4. The standard InChI is InChI=1S/C28H64N4P/c1-9-17-23-30(24-18-10-2)33(29(15-7)16-8,31(25-19-11-3)26-20-12-4)32(27-21-13-5)28-22-14-6/h9-28H2,1-8H3/q+1. The molecule has 0 bridgehead atoms. The second-order valence-corrected chi connectivity index (χ2v) is 13.0. The van der Waals surface area contributed by atoms with Gasteiger partial charge in [0.1, 0.15) is 0 Å². The Balaban J connectivity index is 6.87. The molecule has 0 amide bonds. The van der Waals surface area contributed by atoms with Gasteiger partial charge in [-0.15, -0.1) is 18.7 Å². The molecule has 0 aliphatic heterocycles. The van der Waals surface area contributed by atoms with E-state index in [0.717, 1.165) is 13.1 Å². The average molecular weight is 488 g/mol. The van der Waals surface area contributed by atoms with Crippen LogP contribution in [-0.4, -0.2) is 71.0 Å². The zero-order chi connectivity index (χ0) is 25.0. The maximum Gasteiger partial charge on any atom is 0.308 e. The second kappa shape index (κ2) is 21.5. The Labute approximate surface area is 211 Å². The van der Waals surface area contributed by atoms with E-state index in [4.69, 9.17) is 0 Å². The zero-order valence-corrected chi connectivity index (χ0v) is 25.3. The molecule has 4 nitrogen and oxygen atoms in total. The van der Waals surface area contributed by atoms with Gasteiger partial charge in [0, 0.05) is 52.4 Å². The van der Waals surface area contributed by atoms with E-state index in [9.17, 15) is 0 Å². The molecule has 0 aliphatic rings. The van der Waals surface area contributed by atoms with Crippen molar-refractivity contribution in [3.63, 3.8) is 0 Å². The first-order valence-corrected chi connectivity index (χ1v) is 16.6. The first-order chi connectivity index (χ1) is 16.1. The quantitative estimate of drug-likeness (QED) is 0.126. The van der Waals surface area contributed by atoms with E-state index < -0.39 is 7.87 Å². The number of rotatable bonds is 24. The van der Waals surface area contributed by atoms with E-state index in [-0.39, 0.29) is 0 Å². The van der Waals surface area contributed by atoms with Crippen molar-refractivity contribution in [3.05, 3.63) is 0 Å². The predicted octanol–water partition coefficient (Wildman–Crippen LogP) is 8.71. The lowest BCUT2D eigenvalue weighted by atomic mass is 10.3. The van der Waals surface area contributed by atoms with Gasteiger partial charge in [0.25, 0.3) is 0 Å². The number of nitrogens with zero attached hydrogens (tertiary/aromatic N) is 4. The third-order valence-corrected chi connectivity index (χ3v) is 11.7. The summed E-state index contributed by atoms with van der Waals surface area (Å²) in [7, 11) is -1.78. The maximum atomic E-state index is 3.05. The molecule has 5 heteroatoms. The Morgan fingerprint density at radius 2 is 0.545 bits per heavy atom. The lowest BCUT2D eigenvalue weighted by molar-refractivity contribution is 0.230. The van der Waals surface area contributed by atoms with E-state index in [1.165, 1.54) is 116 Å². The van der Waals surface area contributed by atoms with Crippen molar-refractivity contribution in [1.29, 1.82) is 0 Å². The molecule has 33 heavy (non-hydrogen) atoms. The molecule has 0 radical (unpaired) electrons. The molecule has 0 aliphatic carbocycles. The van der Waals surface area contributed by atoms with Crippen molar-refractivity contribution in [2.75, 3.05) is 52.4 Å². The van der Waals surface area contributed by atoms with Gasteiger partial charge in [-0.25, -0.2) is 0 Å². The van der Waals surface area contributed by atoms with Crippen molar-refractivity contribution >= 4 is 7.87 Å². The van der Waals surface area contributed by atoms with E-state index in [1.807, 2.05) is 0 Å². The highest BCUT2D eigenvalue weighted by molar-refractivity contribution is 7.66. The summed E-state index contributed by atoms with van der Waals surface area (Å²) in [6, 6.07) is 0. The molecule has 0 spiro atoms. The van der Waals surface area contributed by atoms with Crippen LogP contribution in [0, 0.1) is 0 Å². The van der Waals surface area contributed by atoms with Crippen LogP contribution in [0.4, 0.5) is 0 Å². The monoisotopic (exact) mass is 487 g/mol. The molecule has 0 unspecified atom stereocenters. The SMILES string of the molecule is CCCCN(CCCC)[P+](N(CC)CC)(N(CCCC)CCCC)N(CCCC)CCCC. The van der Waals surface area contributed by atoms with Gasteiger partial charge in [-0.3, -0.25) is 0 Å². The topological polar surface area (TPSA) is 13.0 Å². The highest BCUT2D eigenvalue weighted by atomic mass is 31.2. The number of hydrogen-bond donors (Lipinski definition) is 0. The molecule has 0 aromatic heterocycles. The minimum Gasteiger partial charge on any atom is -0.134 e. The molecular formula is C28H64N4P+. The minimum atomic E-state index is -1.78. The Bertz CT molecular complexity index is 342. The summed E-state index contributed by atoms with van der Waals surface area (Å²) in [4.78, 5) is 0. The van der Waals surface area contributed by atoms with Crippen molar-refractivity contribution in [2.45, 2.75) is 132 Å². The van der Waals surface area contributed by atoms with E-state index in [2.05, 4.69) is 74.1 Å². The molecule has 0 heterocycles. The lowest BCUT2D eigenvalue weighted by Crippen LogP contribution is -2.54. The van der Waals surface area contributed by atoms with Gasteiger partial charge < -0.3 is 0 Å². The van der Waals surface area contributed by atoms with Crippen molar-refractivity contribution < 1.29 is 0 Å². The van der Waals surface area contributed by atoms with Crippen LogP contribution < -0.4 is 0 Å². The summed E-state index contributed by atoms with van der Waals surface area (Å²) in [6.07, 6.45) is 15.6. The summed E-state index contributed by atoms with van der Waals surface area (Å²) in [5.41, 5.74) is 0. The van der Waals surface area contributed by atoms with Gasteiger partial charge in [0.05, 0.1) is 0 Å². The molecule has 0 saturated heterocycles. The highest BCUT2D eigenvalue weighted by Crippen LogP contribution is 2.70. The Hall–Kier alpha value is 0.270. The maximum absolute atomic E-state index is 3.05. The predicted molar refractivity (Wildman–Crippen MR) is 154 cm³/mol. The molecule has 0 atom stereocenters. The van der Waals surface area contributed by atoms with Crippen molar-refractivity contribution in [1.82, 2.24) is 18.7 Å². The number of unbranched alkanes of at least 4 members (excludes halogenated alkanes) is 6. The lowest BCUT2D eigenvalue weighted by Gasteiger charge is -2.51. The van der Waals surface area contributed by atoms with Crippen LogP contribution in [0.2, 0.25) is 0 Å². The van der Waals surface area contributed by atoms with Crippen LogP contribution in [0.25, 0.3) is 0 Å². The smallest absolute Gasteiger partial charge is 0.134 e. The van der Waals surface area contributed by atoms with Crippen LogP contribution in [0.5, 0.6) is 0 Å². The Kier molecular flexibility index (Phi) is 21.7. The van der Waals surface area contributed by atoms with E-state index >= 15 is 0 Å². The van der Waals surface area contributed by atoms with Gasteiger partial charge >= 0.3 is 7.87 Å². The van der Waals surface area contributed by atoms with Gasteiger partial charge in [-0.1, -0.05) is 80.1 Å². The first kappa shape index (κ1) is 33.3. The van der Waals surface area contributed by atoms with Gasteiger partial charge in [-0.2, -0.15) is 0 Å². The van der Waals surface area contributed by atoms with Gasteiger partial charge in [0.15, 0.2) is 0 Å². The normalized spacial score (nSPS) is 12.7. The average Bonchev–Trinajstić information content (AvgIpc) is 2.83. The summed E-state index contributed by atoms with van der Waals surface area (Å²) in [5, 5.41) is 0. The Morgan fingerprint density at radius 3 is 0.697 bits per heavy atom. The first-order valence-electron chi connectivity index (χ1n) is 15.0. The molecular weight excluding hydrogens is 423 g/mol. The summed E-state index contributed by atoms with van der Waals surface area (Å²) in [6.45, 7) is 28.9. The molecule has 0 aromatic rings. The Morgan fingerprint density at radius 1 is 0.333 bits per heavy atom. The molecule has 0 aromatic carbocycles. The fourth-order valence-corrected chi connectivity index (χ4v) is 10.2. The van der Waals surface area contributed by atoms with Gasteiger partial charge in [0.2, 0.25) is 0 Å². The minimum absolute atomic E-state index is 1.16. The van der Waals surface area contributed by atoms with Crippen LogP contribution >= 0.6 is 7.87 Å². The third kappa shape index (κ3) is 10.8. The fourth-order valence-electron chi connectivity index (χ4n) is 4.86. The van der Waals surface area contributed by atoms with Crippen LogP contribution in [0.15, 0.2) is 0 Å². The largest absolute Gasteiger partial charge is 0.308 e. The van der Waals surface area contributed by atoms with Crippen LogP contribution in [0.1, 0.15) is 132 Å². The molecule has 0 rings (SSSR count). The summed E-state index contributed by atoms with van der Waals surface area (Å²) < 4.78 is 12.1. The van der Waals surface area contributed by atoms with E-state index in [1.54, 1.807) is 0 Å². The molecule has 200 valence electrons. The van der Waals surface area contributed by atoms with Crippen LogP contribution in [-0.2, 0) is 0 Å². The van der Waals surface area contributed by atoms with Crippen molar-refractivity contribution in [3.8, 4) is 0 Å². The number of hydrogen-bond acceptors (Lipinski definition) is 4. The molecule has 0 fully saturated rings. The van der Waals surface area contributed by atoms with Gasteiger partial charge in [-0.05, 0) is 52.4 Å².